The Morgan fingerprint density at radius 2 is 1.77 bits per heavy atom. The molecule has 5 heteroatoms. The quantitative estimate of drug-likeness (QED) is 0.926. The highest BCUT2D eigenvalue weighted by Gasteiger charge is 2.33. The Kier molecular flexibility index (Phi) is 4.95. The van der Waals surface area contributed by atoms with E-state index in [-0.39, 0.29) is 16.7 Å². The smallest absolute Gasteiger partial charge is 0.308 e. The Bertz CT molecular complexity index is 637. The van der Waals surface area contributed by atoms with E-state index in [2.05, 4.69) is 26.1 Å². The lowest BCUT2D eigenvalue weighted by atomic mass is 9.69. The molecule has 1 saturated carbocycles. The van der Waals surface area contributed by atoms with Gasteiger partial charge in [-0.25, -0.2) is 4.79 Å². The lowest BCUT2D eigenvalue weighted by Gasteiger charge is -2.41. The second kappa shape index (κ2) is 6.41. The number of hydrogen-bond acceptors (Lipinski definition) is 3. The second-order valence-electron chi connectivity index (χ2n) is 7.62. The van der Waals surface area contributed by atoms with Gasteiger partial charge in [0.2, 0.25) is 0 Å². The molecule has 1 aromatic rings. The van der Waals surface area contributed by atoms with Gasteiger partial charge in [-0.2, -0.15) is 0 Å². The van der Waals surface area contributed by atoms with E-state index >= 15 is 0 Å². The molecule has 1 aliphatic carbocycles. The topological polar surface area (TPSA) is 56.0 Å². The zero-order valence-electron chi connectivity index (χ0n) is 14.5. The third kappa shape index (κ3) is 3.51. The lowest BCUT2D eigenvalue weighted by molar-refractivity contribution is 0.129. The first-order chi connectivity index (χ1) is 10.2. The molecule has 0 spiro atoms. The van der Waals surface area contributed by atoms with Crippen molar-refractivity contribution in [3.8, 4) is 0 Å². The van der Waals surface area contributed by atoms with Gasteiger partial charge in [0.1, 0.15) is 0 Å². The van der Waals surface area contributed by atoms with Gasteiger partial charge < -0.3 is 5.32 Å². The van der Waals surface area contributed by atoms with E-state index < -0.39 is 0 Å². The maximum atomic E-state index is 12.0. The monoisotopic (exact) mass is 307 g/mol. The van der Waals surface area contributed by atoms with Crippen molar-refractivity contribution in [3.05, 3.63) is 32.6 Å². The van der Waals surface area contributed by atoms with Crippen molar-refractivity contribution in [2.24, 2.45) is 25.4 Å². The minimum absolute atomic E-state index is 0.240. The molecule has 0 aliphatic heterocycles. The van der Waals surface area contributed by atoms with Gasteiger partial charge in [0, 0.05) is 38.4 Å². The third-order valence-corrected chi connectivity index (χ3v) is 5.05. The van der Waals surface area contributed by atoms with Crippen LogP contribution in [0.1, 0.15) is 52.1 Å². The molecule has 1 aliphatic rings. The largest absolute Gasteiger partial charge is 0.330 e. The van der Waals surface area contributed by atoms with Gasteiger partial charge >= 0.3 is 5.69 Å². The zero-order valence-corrected chi connectivity index (χ0v) is 14.5. The highest BCUT2D eigenvalue weighted by molar-refractivity contribution is 5.02. The van der Waals surface area contributed by atoms with E-state index in [0.717, 1.165) is 10.3 Å². The van der Waals surface area contributed by atoms with E-state index in [9.17, 15) is 9.59 Å². The van der Waals surface area contributed by atoms with Crippen LogP contribution in [0.4, 0.5) is 0 Å². The first-order valence-corrected chi connectivity index (χ1v) is 8.21. The van der Waals surface area contributed by atoms with Gasteiger partial charge in [0.15, 0.2) is 0 Å². The molecule has 1 heterocycles. The van der Waals surface area contributed by atoms with Crippen LogP contribution in [0.3, 0.4) is 0 Å². The fourth-order valence-corrected chi connectivity index (χ4v) is 3.60. The van der Waals surface area contributed by atoms with E-state index in [1.54, 1.807) is 17.7 Å². The predicted octanol–water partition coefficient (Wildman–Crippen LogP) is 1.78. The molecular formula is C17H29N3O2. The molecule has 2 atom stereocenters. The van der Waals surface area contributed by atoms with E-state index in [1.807, 2.05) is 0 Å². The number of rotatable bonds is 3. The summed E-state index contributed by atoms with van der Waals surface area (Å²) in [5.74, 6) is 0.629. The average molecular weight is 307 g/mol. The molecule has 22 heavy (non-hydrogen) atoms. The summed E-state index contributed by atoms with van der Waals surface area (Å²) in [6.45, 7) is 7.46. The number of aromatic nitrogens is 2. The van der Waals surface area contributed by atoms with Crippen molar-refractivity contribution in [1.82, 2.24) is 14.5 Å². The summed E-state index contributed by atoms with van der Waals surface area (Å²) in [6.07, 6.45) is 4.96. The molecule has 1 fully saturated rings. The summed E-state index contributed by atoms with van der Waals surface area (Å²) < 4.78 is 2.70. The van der Waals surface area contributed by atoms with Crippen LogP contribution in [0.15, 0.2) is 15.7 Å². The fraction of sp³-hybridized carbons (Fsp3) is 0.765. The standard InChI is InChI=1S/C17H29N3O2/c1-17(2,3)13-8-6-7-9-14(13)18-11-12-10-15(21)20(5)16(22)19(12)4/h10,13-14,18H,6-9,11H2,1-5H3/t13-,14-/m0/s1. The van der Waals surface area contributed by atoms with Crippen molar-refractivity contribution in [3.63, 3.8) is 0 Å². The van der Waals surface area contributed by atoms with Crippen LogP contribution in [0.2, 0.25) is 0 Å². The van der Waals surface area contributed by atoms with Crippen molar-refractivity contribution < 1.29 is 0 Å². The fourth-order valence-electron chi connectivity index (χ4n) is 3.60. The summed E-state index contributed by atoms with van der Waals surface area (Å²) in [5.41, 5.74) is 0.527. The Morgan fingerprint density at radius 3 is 2.41 bits per heavy atom. The summed E-state index contributed by atoms with van der Waals surface area (Å²) >= 11 is 0. The minimum Gasteiger partial charge on any atom is -0.308 e. The lowest BCUT2D eigenvalue weighted by Crippen LogP contribution is -2.45. The molecule has 124 valence electrons. The normalized spacial score (nSPS) is 22.8. The van der Waals surface area contributed by atoms with Crippen molar-refractivity contribution in [2.45, 2.75) is 59.0 Å². The summed E-state index contributed by atoms with van der Waals surface area (Å²) in [6, 6.07) is 2.01. The SMILES string of the molecule is Cn1c(CN[C@H]2CCCC[C@@H]2C(C)(C)C)cc(=O)n(C)c1=O. The van der Waals surface area contributed by atoms with Crippen molar-refractivity contribution >= 4 is 0 Å². The van der Waals surface area contributed by atoms with Crippen LogP contribution in [0.5, 0.6) is 0 Å². The first-order valence-electron chi connectivity index (χ1n) is 8.21. The molecule has 1 aromatic heterocycles. The van der Waals surface area contributed by atoms with Gasteiger partial charge in [-0.15, -0.1) is 0 Å². The molecular weight excluding hydrogens is 278 g/mol. The molecule has 0 unspecified atom stereocenters. The van der Waals surface area contributed by atoms with Crippen LogP contribution < -0.4 is 16.6 Å². The van der Waals surface area contributed by atoms with Gasteiger partial charge in [0.05, 0.1) is 0 Å². The highest BCUT2D eigenvalue weighted by atomic mass is 16.2. The maximum Gasteiger partial charge on any atom is 0.330 e. The molecule has 0 amide bonds. The molecule has 0 radical (unpaired) electrons. The molecule has 0 bridgehead atoms. The Morgan fingerprint density at radius 1 is 1.14 bits per heavy atom. The highest BCUT2D eigenvalue weighted by Crippen LogP contribution is 2.38. The van der Waals surface area contributed by atoms with Gasteiger partial charge in [-0.05, 0) is 24.2 Å². The van der Waals surface area contributed by atoms with Crippen LogP contribution in [-0.4, -0.2) is 15.2 Å². The van der Waals surface area contributed by atoms with Crippen molar-refractivity contribution in [1.29, 1.82) is 0 Å². The average Bonchev–Trinajstić information content (AvgIpc) is 2.47. The van der Waals surface area contributed by atoms with Crippen LogP contribution >= 0.6 is 0 Å². The molecule has 0 saturated heterocycles. The maximum absolute atomic E-state index is 12.0. The van der Waals surface area contributed by atoms with Crippen LogP contribution in [0, 0.1) is 11.3 Å². The van der Waals surface area contributed by atoms with Crippen molar-refractivity contribution in [2.75, 3.05) is 0 Å². The van der Waals surface area contributed by atoms with Gasteiger partial charge in [-0.1, -0.05) is 33.6 Å². The third-order valence-electron chi connectivity index (χ3n) is 5.05. The summed E-state index contributed by atoms with van der Waals surface area (Å²) in [5, 5.41) is 3.60. The van der Waals surface area contributed by atoms with Gasteiger partial charge in [-0.3, -0.25) is 13.9 Å². The Balaban J connectivity index is 2.15. The summed E-state index contributed by atoms with van der Waals surface area (Å²) in [7, 11) is 3.24. The molecule has 0 aromatic carbocycles. The number of nitrogens with one attached hydrogen (secondary N) is 1. The number of nitrogens with zero attached hydrogens (tertiary/aromatic N) is 2. The first kappa shape index (κ1) is 17.0. The molecule has 1 N–H and O–H groups in total. The minimum atomic E-state index is -0.264. The Hall–Kier alpha value is -1.36. The number of hydrogen-bond donors (Lipinski definition) is 1. The van der Waals surface area contributed by atoms with Crippen LogP contribution in [-0.2, 0) is 20.6 Å². The van der Waals surface area contributed by atoms with Gasteiger partial charge in [0.25, 0.3) is 5.56 Å². The molecule has 5 nitrogen and oxygen atoms in total. The molecule has 2 rings (SSSR count). The second-order valence-corrected chi connectivity index (χ2v) is 7.62. The van der Waals surface area contributed by atoms with E-state index in [4.69, 9.17) is 0 Å². The predicted molar refractivity (Wildman–Crippen MR) is 89.0 cm³/mol. The van der Waals surface area contributed by atoms with E-state index in [1.165, 1.54) is 32.7 Å². The summed E-state index contributed by atoms with van der Waals surface area (Å²) in [4.78, 5) is 23.8. The Labute approximate surface area is 132 Å². The zero-order chi connectivity index (χ0) is 16.5. The van der Waals surface area contributed by atoms with E-state index in [0.29, 0.717) is 18.5 Å². The van der Waals surface area contributed by atoms with Crippen LogP contribution in [0.25, 0.3) is 0 Å².